The normalized spacial score (nSPS) is 19.6. The number of carboxylic acid groups (broad SMARTS) is 1. The average Bonchev–Trinajstić information content (AvgIpc) is 2.47. The Bertz CT molecular complexity index is 489. The summed E-state index contributed by atoms with van der Waals surface area (Å²) in [5, 5.41) is 11.4. The SMILES string of the molecule is CNC(=O)C1COCCN1Cc1ccc(C(=O)O)cn1. The van der Waals surface area contributed by atoms with Gasteiger partial charge in [0.2, 0.25) is 5.91 Å². The van der Waals surface area contributed by atoms with Crippen molar-refractivity contribution in [2.45, 2.75) is 12.6 Å². The Labute approximate surface area is 116 Å². The van der Waals surface area contributed by atoms with Gasteiger partial charge < -0.3 is 15.2 Å². The summed E-state index contributed by atoms with van der Waals surface area (Å²) in [5.74, 6) is -1.09. The van der Waals surface area contributed by atoms with E-state index in [1.165, 1.54) is 12.3 Å². The van der Waals surface area contributed by atoms with Crippen LogP contribution in [-0.2, 0) is 16.1 Å². The Balaban J connectivity index is 2.06. The molecule has 0 saturated carbocycles. The third-order valence-electron chi connectivity index (χ3n) is 3.23. The molecule has 0 bridgehead atoms. The van der Waals surface area contributed by atoms with Crippen LogP contribution < -0.4 is 5.32 Å². The van der Waals surface area contributed by atoms with Crippen molar-refractivity contribution in [3.63, 3.8) is 0 Å². The summed E-state index contributed by atoms with van der Waals surface area (Å²) in [6, 6.07) is 2.84. The van der Waals surface area contributed by atoms with E-state index in [1.807, 2.05) is 4.90 Å². The fourth-order valence-electron chi connectivity index (χ4n) is 2.09. The molecule has 1 aromatic rings. The van der Waals surface area contributed by atoms with Gasteiger partial charge in [-0.2, -0.15) is 0 Å². The van der Waals surface area contributed by atoms with Crippen LogP contribution in [0.1, 0.15) is 16.1 Å². The fourth-order valence-corrected chi connectivity index (χ4v) is 2.09. The molecule has 1 aliphatic heterocycles. The lowest BCUT2D eigenvalue weighted by atomic mass is 10.2. The molecule has 1 atom stereocenters. The van der Waals surface area contributed by atoms with Gasteiger partial charge in [0.25, 0.3) is 0 Å². The third-order valence-corrected chi connectivity index (χ3v) is 3.23. The van der Waals surface area contributed by atoms with Crippen LogP contribution in [0.15, 0.2) is 18.3 Å². The molecule has 2 rings (SSSR count). The quantitative estimate of drug-likeness (QED) is 0.788. The Kier molecular flexibility index (Phi) is 4.65. The van der Waals surface area contributed by atoms with Crippen LogP contribution in [0.25, 0.3) is 0 Å². The van der Waals surface area contributed by atoms with E-state index in [4.69, 9.17) is 9.84 Å². The summed E-state index contributed by atoms with van der Waals surface area (Å²) in [7, 11) is 1.59. The highest BCUT2D eigenvalue weighted by Crippen LogP contribution is 2.12. The van der Waals surface area contributed by atoms with Crippen LogP contribution in [0.5, 0.6) is 0 Å². The number of carbonyl (C=O) groups is 2. The van der Waals surface area contributed by atoms with Crippen molar-refractivity contribution in [2.75, 3.05) is 26.8 Å². The minimum atomic E-state index is -1.00. The molecule has 7 heteroatoms. The average molecular weight is 279 g/mol. The first-order chi connectivity index (χ1) is 9.61. The molecule has 1 aliphatic rings. The van der Waals surface area contributed by atoms with Crippen molar-refractivity contribution in [2.24, 2.45) is 0 Å². The highest BCUT2D eigenvalue weighted by molar-refractivity contribution is 5.87. The molecule has 1 amide bonds. The summed E-state index contributed by atoms with van der Waals surface area (Å²) in [6.45, 7) is 2.05. The van der Waals surface area contributed by atoms with Crippen LogP contribution >= 0.6 is 0 Å². The van der Waals surface area contributed by atoms with Gasteiger partial charge in [0.05, 0.1) is 24.5 Å². The van der Waals surface area contributed by atoms with Crippen molar-refractivity contribution < 1.29 is 19.4 Å². The number of ether oxygens (including phenoxy) is 1. The zero-order valence-electron chi connectivity index (χ0n) is 11.2. The lowest BCUT2D eigenvalue weighted by Crippen LogP contribution is -2.52. The number of hydrogen-bond acceptors (Lipinski definition) is 5. The molecule has 0 spiro atoms. The Hall–Kier alpha value is -1.99. The van der Waals surface area contributed by atoms with E-state index in [0.29, 0.717) is 26.3 Å². The highest BCUT2D eigenvalue weighted by atomic mass is 16.5. The van der Waals surface area contributed by atoms with Gasteiger partial charge in [-0.25, -0.2) is 4.79 Å². The predicted octanol–water partition coefficient (Wildman–Crippen LogP) is -0.273. The second-order valence-corrected chi connectivity index (χ2v) is 4.52. The van der Waals surface area contributed by atoms with Crippen LogP contribution in [0.4, 0.5) is 0 Å². The molecule has 1 aromatic heterocycles. The van der Waals surface area contributed by atoms with Crippen molar-refractivity contribution >= 4 is 11.9 Å². The van der Waals surface area contributed by atoms with Crippen molar-refractivity contribution in [3.05, 3.63) is 29.6 Å². The fraction of sp³-hybridized carbons (Fsp3) is 0.462. The number of likely N-dealkylation sites (N-methyl/N-ethyl adjacent to an activating group) is 1. The number of rotatable bonds is 4. The van der Waals surface area contributed by atoms with Crippen molar-refractivity contribution in [1.82, 2.24) is 15.2 Å². The summed E-state index contributed by atoms with van der Waals surface area (Å²) >= 11 is 0. The van der Waals surface area contributed by atoms with E-state index in [2.05, 4.69) is 10.3 Å². The Morgan fingerprint density at radius 2 is 2.35 bits per heavy atom. The lowest BCUT2D eigenvalue weighted by Gasteiger charge is -2.33. The number of morpholine rings is 1. The number of carboxylic acids is 1. The molecule has 1 unspecified atom stereocenters. The first-order valence-electron chi connectivity index (χ1n) is 6.33. The molecule has 2 N–H and O–H groups in total. The van der Waals surface area contributed by atoms with Gasteiger partial charge in [0.1, 0.15) is 6.04 Å². The maximum absolute atomic E-state index is 11.8. The van der Waals surface area contributed by atoms with E-state index >= 15 is 0 Å². The molecule has 1 fully saturated rings. The minimum absolute atomic E-state index is 0.0909. The Morgan fingerprint density at radius 3 is 2.95 bits per heavy atom. The van der Waals surface area contributed by atoms with Crippen LogP contribution in [0.3, 0.4) is 0 Å². The maximum atomic E-state index is 11.8. The van der Waals surface area contributed by atoms with Gasteiger partial charge in [-0.3, -0.25) is 14.7 Å². The van der Waals surface area contributed by atoms with E-state index in [1.54, 1.807) is 13.1 Å². The molecular formula is C13H17N3O4. The lowest BCUT2D eigenvalue weighted by molar-refractivity contribution is -0.132. The largest absolute Gasteiger partial charge is 0.478 e. The van der Waals surface area contributed by atoms with Gasteiger partial charge in [-0.05, 0) is 12.1 Å². The summed E-state index contributed by atoms with van der Waals surface area (Å²) in [5.41, 5.74) is 0.879. The number of aromatic carboxylic acids is 1. The topological polar surface area (TPSA) is 91.8 Å². The standard InChI is InChI=1S/C13H17N3O4/c1-14-12(17)11-8-20-5-4-16(11)7-10-3-2-9(6-15-10)13(18)19/h2-3,6,11H,4-5,7-8H2,1H3,(H,14,17)(H,18,19). The number of nitrogens with zero attached hydrogens (tertiary/aromatic N) is 2. The summed E-state index contributed by atoms with van der Waals surface area (Å²) in [6.07, 6.45) is 1.33. The van der Waals surface area contributed by atoms with Crippen LogP contribution in [0.2, 0.25) is 0 Å². The van der Waals surface area contributed by atoms with E-state index in [0.717, 1.165) is 5.69 Å². The second-order valence-electron chi connectivity index (χ2n) is 4.52. The van der Waals surface area contributed by atoms with Crippen molar-refractivity contribution in [1.29, 1.82) is 0 Å². The summed E-state index contributed by atoms with van der Waals surface area (Å²) in [4.78, 5) is 28.6. The van der Waals surface area contributed by atoms with E-state index in [9.17, 15) is 9.59 Å². The van der Waals surface area contributed by atoms with Crippen molar-refractivity contribution in [3.8, 4) is 0 Å². The van der Waals surface area contributed by atoms with Gasteiger partial charge in [0.15, 0.2) is 0 Å². The first-order valence-corrected chi connectivity index (χ1v) is 6.33. The van der Waals surface area contributed by atoms with Gasteiger partial charge in [-0.1, -0.05) is 0 Å². The zero-order valence-corrected chi connectivity index (χ0v) is 11.2. The maximum Gasteiger partial charge on any atom is 0.337 e. The van der Waals surface area contributed by atoms with Gasteiger partial charge in [0, 0.05) is 26.3 Å². The second kappa shape index (κ2) is 6.44. The predicted molar refractivity (Wildman–Crippen MR) is 70.3 cm³/mol. The number of aromatic nitrogens is 1. The number of hydrogen-bond donors (Lipinski definition) is 2. The molecule has 2 heterocycles. The highest BCUT2D eigenvalue weighted by Gasteiger charge is 2.28. The monoisotopic (exact) mass is 279 g/mol. The summed E-state index contributed by atoms with van der Waals surface area (Å²) < 4.78 is 5.32. The van der Waals surface area contributed by atoms with Crippen LogP contribution in [0, 0.1) is 0 Å². The third kappa shape index (κ3) is 3.31. The molecule has 7 nitrogen and oxygen atoms in total. The zero-order chi connectivity index (χ0) is 14.5. The molecule has 0 aromatic carbocycles. The number of nitrogens with one attached hydrogen (secondary N) is 1. The van der Waals surface area contributed by atoms with E-state index in [-0.39, 0.29) is 17.5 Å². The molecule has 108 valence electrons. The molecule has 0 aliphatic carbocycles. The molecule has 1 saturated heterocycles. The molecule has 20 heavy (non-hydrogen) atoms. The van der Waals surface area contributed by atoms with Crippen LogP contribution in [-0.4, -0.2) is 59.7 Å². The van der Waals surface area contributed by atoms with Gasteiger partial charge in [-0.15, -0.1) is 0 Å². The van der Waals surface area contributed by atoms with Gasteiger partial charge >= 0.3 is 5.97 Å². The smallest absolute Gasteiger partial charge is 0.337 e. The number of amides is 1. The van der Waals surface area contributed by atoms with E-state index < -0.39 is 5.97 Å². The number of pyridine rings is 1. The first kappa shape index (κ1) is 14.4. The molecule has 0 radical (unpaired) electrons. The minimum Gasteiger partial charge on any atom is -0.478 e. The Morgan fingerprint density at radius 1 is 1.55 bits per heavy atom. The molecular weight excluding hydrogens is 262 g/mol. The number of carbonyl (C=O) groups excluding carboxylic acids is 1.